The quantitative estimate of drug-likeness (QED) is 0.281. The van der Waals surface area contributed by atoms with Crippen molar-refractivity contribution in [2.75, 3.05) is 64.4 Å². The minimum absolute atomic E-state index is 0. The number of aryl methyl sites for hydroxylation is 1. The Labute approximate surface area is 208 Å². The number of nitrogens with one attached hydrogen (secondary N) is 2. The Balaban J connectivity index is 0.00000363. The van der Waals surface area contributed by atoms with Gasteiger partial charge in [0.1, 0.15) is 5.75 Å². The molecule has 2 N–H and O–H groups in total. The molecule has 2 heterocycles. The highest BCUT2D eigenvalue weighted by Crippen LogP contribution is 2.19. The highest BCUT2D eigenvalue weighted by atomic mass is 127. The summed E-state index contributed by atoms with van der Waals surface area (Å²) in [6, 6.07) is 8.23. The van der Waals surface area contributed by atoms with Crippen LogP contribution in [-0.4, -0.2) is 80.3 Å². The van der Waals surface area contributed by atoms with Crippen LogP contribution in [0.2, 0.25) is 0 Å². The van der Waals surface area contributed by atoms with E-state index in [0.29, 0.717) is 0 Å². The first kappa shape index (κ1) is 26.1. The molecule has 2 aromatic rings. The molecular formula is C23H36IN7O. The normalized spacial score (nSPS) is 14.6. The lowest BCUT2D eigenvalue weighted by molar-refractivity contribution is 0.263. The number of nitrogens with zero attached hydrogens (tertiary/aromatic N) is 5. The lowest BCUT2D eigenvalue weighted by Crippen LogP contribution is -2.47. The molecule has 0 bridgehead atoms. The predicted octanol–water partition coefficient (Wildman–Crippen LogP) is 2.33. The average molecular weight is 553 g/mol. The first-order valence-corrected chi connectivity index (χ1v) is 11.1. The number of hydrogen-bond donors (Lipinski definition) is 2. The maximum absolute atomic E-state index is 5.42. The van der Waals surface area contributed by atoms with Crippen LogP contribution in [0, 0.1) is 6.92 Å². The van der Waals surface area contributed by atoms with Gasteiger partial charge in [0.2, 0.25) is 5.95 Å². The lowest BCUT2D eigenvalue weighted by Gasteiger charge is -2.34. The number of hydrogen-bond acceptors (Lipinski definition) is 6. The third-order valence-electron chi connectivity index (χ3n) is 5.42. The van der Waals surface area contributed by atoms with Gasteiger partial charge in [-0.3, -0.25) is 9.89 Å². The molecule has 3 rings (SSSR count). The number of aliphatic imine (C=N–C) groups is 1. The smallest absolute Gasteiger partial charge is 0.225 e. The van der Waals surface area contributed by atoms with E-state index in [9.17, 15) is 0 Å². The lowest BCUT2D eigenvalue weighted by atomic mass is 10.1. The van der Waals surface area contributed by atoms with E-state index in [1.165, 1.54) is 5.56 Å². The molecule has 0 atom stereocenters. The van der Waals surface area contributed by atoms with E-state index in [-0.39, 0.29) is 24.0 Å². The second-order valence-corrected chi connectivity index (χ2v) is 7.62. The largest absolute Gasteiger partial charge is 0.496 e. The molecule has 1 saturated heterocycles. The van der Waals surface area contributed by atoms with Gasteiger partial charge in [-0.2, -0.15) is 0 Å². The second-order valence-electron chi connectivity index (χ2n) is 7.62. The minimum Gasteiger partial charge on any atom is -0.496 e. The number of benzene rings is 1. The summed E-state index contributed by atoms with van der Waals surface area (Å²) in [6.45, 7) is 11.5. The summed E-state index contributed by atoms with van der Waals surface area (Å²) in [5.41, 5.74) is 2.41. The molecule has 1 aromatic heterocycles. The average Bonchev–Trinajstić information content (AvgIpc) is 2.81. The Kier molecular flexibility index (Phi) is 11.5. The number of ether oxygens (including phenoxy) is 1. The number of guanidine groups is 1. The molecule has 0 amide bonds. The zero-order valence-electron chi connectivity index (χ0n) is 19.4. The molecule has 0 aliphatic carbocycles. The second kappa shape index (κ2) is 14.1. The summed E-state index contributed by atoms with van der Waals surface area (Å²) in [6.07, 6.45) is 4.52. The van der Waals surface area contributed by atoms with Crippen LogP contribution in [0.1, 0.15) is 18.1 Å². The zero-order valence-corrected chi connectivity index (χ0v) is 21.7. The van der Waals surface area contributed by atoms with Crippen molar-refractivity contribution >= 4 is 35.9 Å². The summed E-state index contributed by atoms with van der Waals surface area (Å²) in [7, 11) is 1.72. The highest BCUT2D eigenvalue weighted by Gasteiger charge is 2.18. The van der Waals surface area contributed by atoms with Gasteiger partial charge in [0.05, 0.1) is 13.7 Å². The molecule has 0 unspecified atom stereocenters. The number of aromatic nitrogens is 2. The fourth-order valence-electron chi connectivity index (χ4n) is 3.62. The molecule has 0 radical (unpaired) electrons. The van der Waals surface area contributed by atoms with E-state index in [2.05, 4.69) is 62.4 Å². The molecule has 0 spiro atoms. The van der Waals surface area contributed by atoms with E-state index in [0.717, 1.165) is 82.0 Å². The summed E-state index contributed by atoms with van der Waals surface area (Å²) < 4.78 is 5.42. The van der Waals surface area contributed by atoms with E-state index in [1.807, 2.05) is 6.07 Å². The molecule has 8 nitrogen and oxygen atoms in total. The molecule has 9 heteroatoms. The molecule has 32 heavy (non-hydrogen) atoms. The molecule has 176 valence electrons. The van der Waals surface area contributed by atoms with Gasteiger partial charge in [-0.15, -0.1) is 24.0 Å². The van der Waals surface area contributed by atoms with Crippen molar-refractivity contribution in [3.8, 4) is 5.75 Å². The summed E-state index contributed by atoms with van der Waals surface area (Å²) in [4.78, 5) is 18.1. The van der Waals surface area contributed by atoms with Gasteiger partial charge in [0.25, 0.3) is 0 Å². The number of anilines is 1. The van der Waals surface area contributed by atoms with E-state index >= 15 is 0 Å². The van der Waals surface area contributed by atoms with Crippen molar-refractivity contribution in [2.45, 2.75) is 20.3 Å². The number of piperazine rings is 1. The Morgan fingerprint density at radius 3 is 2.56 bits per heavy atom. The summed E-state index contributed by atoms with van der Waals surface area (Å²) in [5, 5.41) is 6.78. The van der Waals surface area contributed by atoms with Crippen LogP contribution in [0.5, 0.6) is 5.75 Å². The molecule has 1 aromatic carbocycles. The van der Waals surface area contributed by atoms with Crippen LogP contribution in [0.4, 0.5) is 5.95 Å². The first-order valence-electron chi connectivity index (χ1n) is 11.1. The van der Waals surface area contributed by atoms with Crippen molar-refractivity contribution in [3.05, 3.63) is 47.8 Å². The molecular weight excluding hydrogens is 517 g/mol. The number of methoxy groups -OCH3 is 1. The maximum atomic E-state index is 5.42. The van der Waals surface area contributed by atoms with Crippen molar-refractivity contribution in [1.29, 1.82) is 0 Å². The fourth-order valence-corrected chi connectivity index (χ4v) is 3.62. The molecule has 1 aliphatic heterocycles. The minimum atomic E-state index is 0. The number of rotatable bonds is 9. The monoisotopic (exact) mass is 553 g/mol. The van der Waals surface area contributed by atoms with Gasteiger partial charge in [0.15, 0.2) is 5.96 Å². The van der Waals surface area contributed by atoms with Crippen molar-refractivity contribution in [3.63, 3.8) is 0 Å². The predicted molar refractivity (Wildman–Crippen MR) is 142 cm³/mol. The van der Waals surface area contributed by atoms with Crippen LogP contribution < -0.4 is 20.3 Å². The SMILES string of the molecule is CCNC(=NCCN1CCN(c2ncccn2)CC1)NCCc1ccc(C)c(OC)c1.I. The van der Waals surface area contributed by atoms with Gasteiger partial charge in [-0.05, 0) is 43.5 Å². The van der Waals surface area contributed by atoms with E-state index < -0.39 is 0 Å². The maximum Gasteiger partial charge on any atom is 0.225 e. The van der Waals surface area contributed by atoms with Gasteiger partial charge < -0.3 is 20.3 Å². The summed E-state index contributed by atoms with van der Waals surface area (Å²) >= 11 is 0. The van der Waals surface area contributed by atoms with Crippen LogP contribution in [0.25, 0.3) is 0 Å². The molecule has 1 fully saturated rings. The number of halogens is 1. The van der Waals surface area contributed by atoms with Gasteiger partial charge in [-0.1, -0.05) is 12.1 Å². The van der Waals surface area contributed by atoms with Crippen LogP contribution in [0.15, 0.2) is 41.7 Å². The molecule has 1 aliphatic rings. The summed E-state index contributed by atoms with van der Waals surface area (Å²) in [5.74, 6) is 2.64. The van der Waals surface area contributed by atoms with Crippen LogP contribution in [0.3, 0.4) is 0 Å². The third kappa shape index (κ3) is 8.09. The van der Waals surface area contributed by atoms with Crippen LogP contribution >= 0.6 is 24.0 Å². The van der Waals surface area contributed by atoms with Crippen molar-refractivity contribution < 1.29 is 4.74 Å². The van der Waals surface area contributed by atoms with Crippen LogP contribution in [-0.2, 0) is 6.42 Å². The fraction of sp³-hybridized carbons (Fsp3) is 0.522. The van der Waals surface area contributed by atoms with Gasteiger partial charge in [0, 0.05) is 58.2 Å². The topological polar surface area (TPSA) is 77.9 Å². The standard InChI is InChI=1S/C23H35N7O.HI/c1-4-24-22(25-11-8-20-7-6-19(2)21(18-20)31-3)26-12-13-29-14-16-30(17-15-29)23-27-9-5-10-28-23;/h5-7,9-10,18H,4,8,11-17H2,1-3H3,(H2,24,25,26);1H. The van der Waals surface area contributed by atoms with Gasteiger partial charge in [-0.25, -0.2) is 9.97 Å². The molecule has 0 saturated carbocycles. The Morgan fingerprint density at radius 1 is 1.12 bits per heavy atom. The van der Waals surface area contributed by atoms with E-state index in [1.54, 1.807) is 19.5 Å². The zero-order chi connectivity index (χ0) is 21.9. The Morgan fingerprint density at radius 2 is 1.88 bits per heavy atom. The van der Waals surface area contributed by atoms with Gasteiger partial charge >= 0.3 is 0 Å². The Bertz CT molecular complexity index is 826. The van der Waals surface area contributed by atoms with Crippen molar-refractivity contribution in [1.82, 2.24) is 25.5 Å². The third-order valence-corrected chi connectivity index (χ3v) is 5.42. The first-order chi connectivity index (χ1) is 15.2. The highest BCUT2D eigenvalue weighted by molar-refractivity contribution is 14.0. The van der Waals surface area contributed by atoms with Crippen molar-refractivity contribution in [2.24, 2.45) is 4.99 Å². The Hall–Kier alpha value is -2.14. The van der Waals surface area contributed by atoms with E-state index in [4.69, 9.17) is 9.73 Å².